The van der Waals surface area contributed by atoms with E-state index in [9.17, 15) is 9.59 Å². The van der Waals surface area contributed by atoms with Crippen LogP contribution in [0.4, 0.5) is 0 Å². The summed E-state index contributed by atoms with van der Waals surface area (Å²) in [6.07, 6.45) is 0. The summed E-state index contributed by atoms with van der Waals surface area (Å²) in [5.74, 6) is -0.591. The Morgan fingerprint density at radius 1 is 0.857 bits per heavy atom. The molecule has 148 valence electrons. The predicted molar refractivity (Wildman–Crippen MR) is 110 cm³/mol. The Balaban J connectivity index is 1.61. The summed E-state index contributed by atoms with van der Waals surface area (Å²) in [5.41, 5.74) is 3.21. The smallest absolute Gasteiger partial charge is 0.335 e. The Hall–Kier alpha value is -2.66. The topological polar surface area (TPSA) is 60.9 Å². The standard InChI is InChI=1S/C23H28N2O3/c1-16(2)18-7-9-19(10-8-18)17(3)24-11-13-25(14-12-24)22(26)20-5-4-6-21(15-20)23(27)28/h4-10,15-17H,11-14H2,1-3H3,(H,27,28). The minimum absolute atomic E-state index is 0.100. The molecule has 1 saturated heterocycles. The third-order valence-electron chi connectivity index (χ3n) is 5.59. The zero-order valence-electron chi connectivity index (χ0n) is 16.8. The van der Waals surface area contributed by atoms with Gasteiger partial charge in [-0.2, -0.15) is 0 Å². The molecule has 0 saturated carbocycles. The number of nitrogens with zero attached hydrogens (tertiary/aromatic N) is 2. The maximum Gasteiger partial charge on any atom is 0.335 e. The van der Waals surface area contributed by atoms with Gasteiger partial charge in [-0.15, -0.1) is 0 Å². The van der Waals surface area contributed by atoms with Crippen LogP contribution in [0.15, 0.2) is 48.5 Å². The second kappa shape index (κ2) is 8.57. The first-order valence-electron chi connectivity index (χ1n) is 9.83. The van der Waals surface area contributed by atoms with Crippen LogP contribution in [0.25, 0.3) is 0 Å². The highest BCUT2D eigenvalue weighted by Gasteiger charge is 2.25. The molecule has 0 bridgehead atoms. The highest BCUT2D eigenvalue weighted by Crippen LogP contribution is 2.24. The molecule has 0 radical (unpaired) electrons. The summed E-state index contributed by atoms with van der Waals surface area (Å²) >= 11 is 0. The summed E-state index contributed by atoms with van der Waals surface area (Å²) in [5, 5.41) is 9.12. The van der Waals surface area contributed by atoms with Crippen LogP contribution in [0.2, 0.25) is 0 Å². The lowest BCUT2D eigenvalue weighted by Gasteiger charge is -2.38. The largest absolute Gasteiger partial charge is 0.478 e. The molecule has 2 aromatic rings. The van der Waals surface area contributed by atoms with Crippen molar-refractivity contribution in [3.8, 4) is 0 Å². The van der Waals surface area contributed by atoms with Crippen molar-refractivity contribution in [1.82, 2.24) is 9.80 Å². The SMILES string of the molecule is CC(C)c1ccc(C(C)N2CCN(C(=O)c3cccc(C(=O)O)c3)CC2)cc1. The van der Waals surface area contributed by atoms with Gasteiger partial charge in [-0.05, 0) is 42.2 Å². The molecule has 1 amide bonds. The number of rotatable bonds is 5. The van der Waals surface area contributed by atoms with Crippen molar-refractivity contribution in [1.29, 1.82) is 0 Å². The number of aromatic carboxylic acids is 1. The molecular weight excluding hydrogens is 352 g/mol. The fraction of sp³-hybridized carbons (Fsp3) is 0.391. The molecule has 0 aliphatic carbocycles. The number of hydrogen-bond acceptors (Lipinski definition) is 3. The molecule has 1 N–H and O–H groups in total. The fourth-order valence-electron chi connectivity index (χ4n) is 3.65. The maximum absolute atomic E-state index is 12.7. The van der Waals surface area contributed by atoms with Crippen LogP contribution in [0.5, 0.6) is 0 Å². The molecule has 1 heterocycles. The molecule has 1 atom stereocenters. The lowest BCUT2D eigenvalue weighted by atomic mass is 9.99. The monoisotopic (exact) mass is 380 g/mol. The Bertz CT molecular complexity index is 837. The van der Waals surface area contributed by atoms with E-state index in [4.69, 9.17) is 5.11 Å². The maximum atomic E-state index is 12.7. The fourth-order valence-corrected chi connectivity index (χ4v) is 3.65. The molecule has 1 unspecified atom stereocenters. The second-order valence-electron chi connectivity index (χ2n) is 7.71. The number of carbonyl (C=O) groups is 2. The lowest BCUT2D eigenvalue weighted by molar-refractivity contribution is 0.0582. The van der Waals surface area contributed by atoms with Gasteiger partial charge in [0, 0.05) is 37.8 Å². The Kier molecular flexibility index (Phi) is 6.15. The summed E-state index contributed by atoms with van der Waals surface area (Å²) in [7, 11) is 0. The molecule has 2 aromatic carbocycles. The summed E-state index contributed by atoms with van der Waals surface area (Å²) in [6, 6.07) is 15.4. The third kappa shape index (κ3) is 4.42. The van der Waals surface area contributed by atoms with Gasteiger partial charge in [-0.3, -0.25) is 9.69 Å². The van der Waals surface area contributed by atoms with Gasteiger partial charge in [0.15, 0.2) is 0 Å². The van der Waals surface area contributed by atoms with E-state index in [-0.39, 0.29) is 11.5 Å². The van der Waals surface area contributed by atoms with E-state index in [0.29, 0.717) is 30.6 Å². The molecule has 0 aromatic heterocycles. The van der Waals surface area contributed by atoms with Crippen molar-refractivity contribution in [2.24, 2.45) is 0 Å². The minimum atomic E-state index is -1.02. The first-order valence-corrected chi connectivity index (χ1v) is 9.83. The van der Waals surface area contributed by atoms with Crippen molar-refractivity contribution in [2.75, 3.05) is 26.2 Å². The lowest BCUT2D eigenvalue weighted by Crippen LogP contribution is -2.49. The highest BCUT2D eigenvalue weighted by atomic mass is 16.4. The highest BCUT2D eigenvalue weighted by molar-refractivity contribution is 5.97. The van der Waals surface area contributed by atoms with Gasteiger partial charge in [-0.1, -0.05) is 44.2 Å². The van der Waals surface area contributed by atoms with E-state index in [2.05, 4.69) is 49.9 Å². The van der Waals surface area contributed by atoms with Gasteiger partial charge in [0.1, 0.15) is 0 Å². The quantitative estimate of drug-likeness (QED) is 0.851. The van der Waals surface area contributed by atoms with Gasteiger partial charge >= 0.3 is 5.97 Å². The average molecular weight is 380 g/mol. The summed E-state index contributed by atoms with van der Waals surface area (Å²) < 4.78 is 0. The van der Waals surface area contributed by atoms with E-state index >= 15 is 0 Å². The summed E-state index contributed by atoms with van der Waals surface area (Å²) in [4.78, 5) is 28.1. The molecule has 0 spiro atoms. The molecule has 28 heavy (non-hydrogen) atoms. The minimum Gasteiger partial charge on any atom is -0.478 e. The van der Waals surface area contributed by atoms with Gasteiger partial charge in [0.05, 0.1) is 5.56 Å². The number of carbonyl (C=O) groups excluding carboxylic acids is 1. The van der Waals surface area contributed by atoms with Crippen molar-refractivity contribution < 1.29 is 14.7 Å². The molecular formula is C23H28N2O3. The molecule has 1 aliphatic rings. The first-order chi connectivity index (χ1) is 13.4. The molecule has 5 heteroatoms. The van der Waals surface area contributed by atoms with Gasteiger partial charge in [0.2, 0.25) is 0 Å². The Labute approximate surface area is 166 Å². The number of piperazine rings is 1. The van der Waals surface area contributed by atoms with Crippen molar-refractivity contribution in [3.63, 3.8) is 0 Å². The van der Waals surface area contributed by atoms with Gasteiger partial charge in [0.25, 0.3) is 5.91 Å². The Morgan fingerprint density at radius 2 is 1.43 bits per heavy atom. The van der Waals surface area contributed by atoms with Crippen LogP contribution in [-0.2, 0) is 0 Å². The normalized spacial score (nSPS) is 16.2. The zero-order valence-corrected chi connectivity index (χ0v) is 16.8. The van der Waals surface area contributed by atoms with E-state index in [0.717, 1.165) is 13.1 Å². The van der Waals surface area contributed by atoms with Crippen LogP contribution < -0.4 is 0 Å². The molecule has 1 aliphatic heterocycles. The molecule has 3 rings (SSSR count). The second-order valence-corrected chi connectivity index (χ2v) is 7.71. The molecule has 1 fully saturated rings. The van der Waals surface area contributed by atoms with Crippen molar-refractivity contribution in [2.45, 2.75) is 32.7 Å². The van der Waals surface area contributed by atoms with Crippen LogP contribution >= 0.6 is 0 Å². The van der Waals surface area contributed by atoms with Gasteiger partial charge < -0.3 is 10.0 Å². The third-order valence-corrected chi connectivity index (χ3v) is 5.59. The van der Waals surface area contributed by atoms with Crippen LogP contribution in [0, 0.1) is 0 Å². The number of benzene rings is 2. The molecule has 5 nitrogen and oxygen atoms in total. The van der Waals surface area contributed by atoms with Crippen LogP contribution in [-0.4, -0.2) is 53.0 Å². The van der Waals surface area contributed by atoms with Crippen molar-refractivity contribution >= 4 is 11.9 Å². The first kappa shape index (κ1) is 20.1. The number of amides is 1. The van der Waals surface area contributed by atoms with Gasteiger partial charge in [-0.25, -0.2) is 4.79 Å². The zero-order chi connectivity index (χ0) is 20.3. The van der Waals surface area contributed by atoms with E-state index in [1.165, 1.54) is 23.3 Å². The van der Waals surface area contributed by atoms with Crippen LogP contribution in [0.1, 0.15) is 64.6 Å². The van der Waals surface area contributed by atoms with E-state index in [1.807, 2.05) is 4.90 Å². The predicted octanol–water partition coefficient (Wildman–Crippen LogP) is 4.03. The van der Waals surface area contributed by atoms with E-state index in [1.54, 1.807) is 12.1 Å². The number of carboxylic acid groups (broad SMARTS) is 1. The Morgan fingerprint density at radius 3 is 2.00 bits per heavy atom. The number of carboxylic acids is 1. The van der Waals surface area contributed by atoms with E-state index < -0.39 is 5.97 Å². The summed E-state index contributed by atoms with van der Waals surface area (Å²) in [6.45, 7) is 9.49. The van der Waals surface area contributed by atoms with Crippen LogP contribution in [0.3, 0.4) is 0 Å². The number of hydrogen-bond donors (Lipinski definition) is 1. The average Bonchev–Trinajstić information content (AvgIpc) is 2.73. The van der Waals surface area contributed by atoms with Crippen molar-refractivity contribution in [3.05, 3.63) is 70.8 Å².